The molecule has 0 aliphatic heterocycles. The molecule has 0 heterocycles. The molecule has 0 amide bonds. The molecule has 0 saturated heterocycles. The zero-order valence-corrected chi connectivity index (χ0v) is 7.80. The lowest BCUT2D eigenvalue weighted by Gasteiger charge is -1.93. The van der Waals surface area contributed by atoms with Crippen molar-refractivity contribution in [1.29, 1.82) is 0 Å². The average molecular weight is 159 g/mol. The Morgan fingerprint density at radius 1 is 1.25 bits per heavy atom. The van der Waals surface area contributed by atoms with Gasteiger partial charge in [0.1, 0.15) is 0 Å². The maximum absolute atomic E-state index is 3.25. The SMILES string of the molecule is CCCC=[C]c1ccc(C)cc1. The third kappa shape index (κ3) is 2.91. The van der Waals surface area contributed by atoms with E-state index in [-0.39, 0.29) is 0 Å². The van der Waals surface area contributed by atoms with Crippen LogP contribution in [0.2, 0.25) is 0 Å². The number of aryl methyl sites for hydroxylation is 1. The van der Waals surface area contributed by atoms with Gasteiger partial charge in [0.15, 0.2) is 0 Å². The fourth-order valence-corrected chi connectivity index (χ4v) is 0.984. The molecule has 1 aromatic rings. The van der Waals surface area contributed by atoms with Crippen LogP contribution in [-0.2, 0) is 0 Å². The Morgan fingerprint density at radius 3 is 2.50 bits per heavy atom. The zero-order valence-electron chi connectivity index (χ0n) is 7.80. The lowest BCUT2D eigenvalue weighted by Crippen LogP contribution is -1.75. The summed E-state index contributed by atoms with van der Waals surface area (Å²) in [5, 5.41) is 0. The molecule has 0 aliphatic rings. The van der Waals surface area contributed by atoms with Crippen molar-refractivity contribution < 1.29 is 0 Å². The van der Waals surface area contributed by atoms with Gasteiger partial charge < -0.3 is 0 Å². The van der Waals surface area contributed by atoms with Gasteiger partial charge in [-0.05, 0) is 25.0 Å². The van der Waals surface area contributed by atoms with Gasteiger partial charge in [-0.1, -0.05) is 49.2 Å². The third-order valence-electron chi connectivity index (χ3n) is 1.75. The Labute approximate surface area is 74.9 Å². The number of allylic oxidation sites excluding steroid dienone is 1. The minimum atomic E-state index is 1.12. The second kappa shape index (κ2) is 4.76. The van der Waals surface area contributed by atoms with Gasteiger partial charge in [0.25, 0.3) is 0 Å². The summed E-state index contributed by atoms with van der Waals surface area (Å²) < 4.78 is 0. The van der Waals surface area contributed by atoms with Crippen molar-refractivity contribution >= 4 is 0 Å². The zero-order chi connectivity index (χ0) is 8.81. The Hall–Kier alpha value is -1.04. The Morgan fingerprint density at radius 2 is 1.92 bits per heavy atom. The summed E-state index contributed by atoms with van der Waals surface area (Å²) in [6.45, 7) is 4.27. The highest BCUT2D eigenvalue weighted by molar-refractivity contribution is 5.25. The first-order valence-corrected chi connectivity index (χ1v) is 4.48. The molecule has 0 bridgehead atoms. The predicted octanol–water partition coefficient (Wildman–Crippen LogP) is 3.50. The fourth-order valence-electron chi connectivity index (χ4n) is 0.984. The van der Waals surface area contributed by atoms with Gasteiger partial charge >= 0.3 is 0 Å². The monoisotopic (exact) mass is 159 g/mol. The molecule has 0 heteroatoms. The molecule has 0 saturated carbocycles. The van der Waals surface area contributed by atoms with Crippen molar-refractivity contribution in [3.8, 4) is 0 Å². The van der Waals surface area contributed by atoms with Crippen LogP contribution >= 0.6 is 0 Å². The molecule has 0 atom stereocenters. The van der Waals surface area contributed by atoms with Gasteiger partial charge in [-0.3, -0.25) is 0 Å². The van der Waals surface area contributed by atoms with Crippen LogP contribution < -0.4 is 0 Å². The molecule has 0 N–H and O–H groups in total. The molecule has 0 aromatic heterocycles. The summed E-state index contributed by atoms with van der Waals surface area (Å²) in [6, 6.07) is 8.42. The first kappa shape index (κ1) is 9.05. The van der Waals surface area contributed by atoms with Crippen LogP contribution in [0.1, 0.15) is 30.9 Å². The molecule has 0 unspecified atom stereocenters. The van der Waals surface area contributed by atoms with Crippen molar-refractivity contribution in [2.45, 2.75) is 26.7 Å². The lowest BCUT2D eigenvalue weighted by molar-refractivity contribution is 0.956. The number of benzene rings is 1. The second-order valence-electron chi connectivity index (χ2n) is 3.00. The van der Waals surface area contributed by atoms with E-state index < -0.39 is 0 Å². The molecule has 1 rings (SSSR count). The van der Waals surface area contributed by atoms with Gasteiger partial charge in [-0.15, -0.1) is 0 Å². The minimum absolute atomic E-state index is 1.12. The quantitative estimate of drug-likeness (QED) is 0.633. The van der Waals surface area contributed by atoms with E-state index in [1.165, 1.54) is 17.5 Å². The van der Waals surface area contributed by atoms with Crippen LogP contribution in [0.25, 0.3) is 0 Å². The average Bonchev–Trinajstić information content (AvgIpc) is 2.09. The van der Waals surface area contributed by atoms with E-state index in [2.05, 4.69) is 50.3 Å². The van der Waals surface area contributed by atoms with E-state index in [1.54, 1.807) is 0 Å². The Kier molecular flexibility index (Phi) is 3.59. The van der Waals surface area contributed by atoms with Gasteiger partial charge in [0.2, 0.25) is 0 Å². The van der Waals surface area contributed by atoms with E-state index in [9.17, 15) is 0 Å². The molecular formula is C12H15. The van der Waals surface area contributed by atoms with E-state index >= 15 is 0 Å². The predicted molar refractivity (Wildman–Crippen MR) is 53.0 cm³/mol. The van der Waals surface area contributed by atoms with Crippen LogP contribution in [0.15, 0.2) is 30.3 Å². The summed E-state index contributed by atoms with van der Waals surface area (Å²) in [5.41, 5.74) is 2.48. The van der Waals surface area contributed by atoms with Crippen molar-refractivity contribution in [2.24, 2.45) is 0 Å². The van der Waals surface area contributed by atoms with Crippen LogP contribution in [0.3, 0.4) is 0 Å². The van der Waals surface area contributed by atoms with E-state index in [0.717, 1.165) is 6.42 Å². The van der Waals surface area contributed by atoms with Crippen molar-refractivity contribution in [1.82, 2.24) is 0 Å². The molecule has 0 aliphatic carbocycles. The standard InChI is InChI=1S/C12H15/c1-3-4-5-6-12-9-7-11(2)8-10-12/h5,7-10H,3-4H2,1-2H3. The van der Waals surface area contributed by atoms with Gasteiger partial charge in [-0.25, -0.2) is 0 Å². The first-order valence-electron chi connectivity index (χ1n) is 4.48. The van der Waals surface area contributed by atoms with Crippen LogP contribution in [0.4, 0.5) is 0 Å². The second-order valence-corrected chi connectivity index (χ2v) is 3.00. The van der Waals surface area contributed by atoms with Gasteiger partial charge in [-0.2, -0.15) is 0 Å². The van der Waals surface area contributed by atoms with E-state index in [1.807, 2.05) is 0 Å². The molecule has 1 radical (unpaired) electrons. The van der Waals surface area contributed by atoms with Crippen LogP contribution in [0, 0.1) is 13.0 Å². The minimum Gasteiger partial charge on any atom is -0.0761 e. The highest BCUT2D eigenvalue weighted by Gasteiger charge is 1.85. The van der Waals surface area contributed by atoms with E-state index in [4.69, 9.17) is 0 Å². The Balaban J connectivity index is 2.58. The molecule has 12 heavy (non-hydrogen) atoms. The lowest BCUT2D eigenvalue weighted by atomic mass is 10.1. The highest BCUT2D eigenvalue weighted by atomic mass is 13.9. The highest BCUT2D eigenvalue weighted by Crippen LogP contribution is 2.03. The maximum Gasteiger partial charge on any atom is -0.0149 e. The van der Waals surface area contributed by atoms with Crippen LogP contribution in [0.5, 0.6) is 0 Å². The van der Waals surface area contributed by atoms with Crippen molar-refractivity contribution in [3.05, 3.63) is 47.5 Å². The number of hydrogen-bond acceptors (Lipinski definition) is 0. The van der Waals surface area contributed by atoms with Crippen LogP contribution in [-0.4, -0.2) is 0 Å². The van der Waals surface area contributed by atoms with Gasteiger partial charge in [0.05, 0.1) is 0 Å². The topological polar surface area (TPSA) is 0 Å². The molecule has 63 valence electrons. The third-order valence-corrected chi connectivity index (χ3v) is 1.75. The number of unbranched alkanes of at least 4 members (excludes halogenated alkanes) is 1. The molecule has 0 nitrogen and oxygen atoms in total. The summed E-state index contributed by atoms with van der Waals surface area (Å²) in [5.74, 6) is 0. The largest absolute Gasteiger partial charge is 0.0761 e. The normalized spacial score (nSPS) is 10.8. The maximum atomic E-state index is 3.25. The summed E-state index contributed by atoms with van der Waals surface area (Å²) in [4.78, 5) is 0. The molecular weight excluding hydrogens is 144 g/mol. The fraction of sp³-hybridized carbons (Fsp3) is 0.333. The number of rotatable bonds is 3. The summed E-state index contributed by atoms with van der Waals surface area (Å²) in [6.07, 6.45) is 7.66. The summed E-state index contributed by atoms with van der Waals surface area (Å²) >= 11 is 0. The molecule has 0 fully saturated rings. The van der Waals surface area contributed by atoms with Crippen molar-refractivity contribution in [3.63, 3.8) is 0 Å². The summed E-state index contributed by atoms with van der Waals surface area (Å²) in [7, 11) is 0. The molecule has 1 aromatic carbocycles. The number of hydrogen-bond donors (Lipinski definition) is 0. The van der Waals surface area contributed by atoms with Crippen molar-refractivity contribution in [2.75, 3.05) is 0 Å². The first-order chi connectivity index (χ1) is 5.83. The van der Waals surface area contributed by atoms with E-state index in [0.29, 0.717) is 0 Å². The Bertz CT molecular complexity index is 241. The molecule has 0 spiro atoms. The van der Waals surface area contributed by atoms with Gasteiger partial charge in [0, 0.05) is 0 Å². The smallest absolute Gasteiger partial charge is 0.0149 e.